The Bertz CT molecular complexity index is 972. The van der Waals surface area contributed by atoms with Crippen molar-refractivity contribution >= 4 is 11.0 Å². The molecule has 0 saturated carbocycles. The number of hydrogen-bond acceptors (Lipinski definition) is 5. The van der Waals surface area contributed by atoms with Gasteiger partial charge in [0.05, 0.1) is 5.69 Å². The number of aromatic amines is 1. The van der Waals surface area contributed by atoms with Crippen molar-refractivity contribution in [2.45, 2.75) is 33.5 Å². The van der Waals surface area contributed by atoms with Gasteiger partial charge in [0, 0.05) is 6.20 Å². The number of aromatic nitrogens is 4. The average molecular weight is 350 g/mol. The van der Waals surface area contributed by atoms with Crippen molar-refractivity contribution in [3.05, 3.63) is 45.6 Å². The van der Waals surface area contributed by atoms with Crippen molar-refractivity contribution in [1.82, 2.24) is 19.7 Å². The lowest BCUT2D eigenvalue weighted by Gasteiger charge is -2.12. The number of aliphatic hydroxyl groups is 1. The van der Waals surface area contributed by atoms with Gasteiger partial charge in [0.1, 0.15) is 23.1 Å². The van der Waals surface area contributed by atoms with Crippen LogP contribution in [0.2, 0.25) is 0 Å². The Hall–Kier alpha value is -2.81. The number of hydrogen-bond donors (Lipinski definition) is 2. The van der Waals surface area contributed by atoms with Gasteiger partial charge in [-0.05, 0) is 44.0 Å². The van der Waals surface area contributed by atoms with Crippen LogP contribution in [0.4, 0.5) is 8.78 Å². The van der Waals surface area contributed by atoms with E-state index in [1.807, 2.05) is 0 Å². The molecule has 2 N–H and O–H groups in total. The lowest BCUT2D eigenvalue weighted by atomic mass is 10.1. The van der Waals surface area contributed by atoms with Gasteiger partial charge in [-0.3, -0.25) is 4.79 Å². The number of rotatable bonds is 4. The van der Waals surface area contributed by atoms with Gasteiger partial charge in [-0.1, -0.05) is 0 Å². The molecule has 0 aliphatic heterocycles. The smallest absolute Gasteiger partial charge is 0.387 e. The van der Waals surface area contributed by atoms with Crippen LogP contribution in [0.3, 0.4) is 0 Å². The topological polar surface area (TPSA) is 93.0 Å². The molecule has 0 fully saturated rings. The van der Waals surface area contributed by atoms with Crippen LogP contribution < -0.4 is 10.3 Å². The summed E-state index contributed by atoms with van der Waals surface area (Å²) in [5.74, 6) is 0.176. The molecule has 1 unspecified atom stereocenters. The first-order valence-electron chi connectivity index (χ1n) is 7.50. The van der Waals surface area contributed by atoms with Crippen LogP contribution in [0, 0.1) is 13.8 Å². The maximum absolute atomic E-state index is 12.4. The molecule has 1 atom stereocenters. The standard InChI is InChI=1S/C16H16F2N4O3/c1-7-4-10(25-16(17)18)5-8(2)12(7)22-6-11-14(21-22)19-13(9(3)23)20-15(11)24/h4-6,9,16,23H,1-3H3,(H,19,20,21,24). The molecule has 3 aromatic rings. The predicted molar refractivity (Wildman–Crippen MR) is 86.2 cm³/mol. The average Bonchev–Trinajstić information content (AvgIpc) is 2.89. The molecule has 0 spiro atoms. The second-order valence-electron chi connectivity index (χ2n) is 5.72. The van der Waals surface area contributed by atoms with Crippen LogP contribution in [-0.4, -0.2) is 31.5 Å². The third-order valence-corrected chi connectivity index (χ3v) is 3.72. The summed E-state index contributed by atoms with van der Waals surface area (Å²) in [6, 6.07) is 2.94. The van der Waals surface area contributed by atoms with Crippen molar-refractivity contribution in [3.8, 4) is 11.4 Å². The zero-order valence-electron chi connectivity index (χ0n) is 13.7. The first kappa shape index (κ1) is 17.0. The molecule has 0 amide bonds. The van der Waals surface area contributed by atoms with Crippen LogP contribution in [0.15, 0.2) is 23.1 Å². The molecule has 1 aromatic carbocycles. The number of H-pyrrole nitrogens is 1. The molecule has 0 bridgehead atoms. The Labute approximate surface area is 140 Å². The highest BCUT2D eigenvalue weighted by atomic mass is 19.3. The van der Waals surface area contributed by atoms with Crippen molar-refractivity contribution in [1.29, 1.82) is 0 Å². The molecule has 2 heterocycles. The first-order chi connectivity index (χ1) is 11.8. The monoisotopic (exact) mass is 350 g/mol. The highest BCUT2D eigenvalue weighted by Gasteiger charge is 2.16. The van der Waals surface area contributed by atoms with Gasteiger partial charge in [0.2, 0.25) is 0 Å². The van der Waals surface area contributed by atoms with Crippen LogP contribution in [0.25, 0.3) is 16.7 Å². The van der Waals surface area contributed by atoms with Gasteiger partial charge in [-0.2, -0.15) is 8.78 Å². The molecular formula is C16H16F2N4O3. The van der Waals surface area contributed by atoms with Gasteiger partial charge in [-0.25, -0.2) is 9.67 Å². The molecule has 0 aliphatic carbocycles. The Kier molecular flexibility index (Phi) is 4.25. The van der Waals surface area contributed by atoms with Crippen LogP contribution in [0.1, 0.15) is 30.0 Å². The van der Waals surface area contributed by atoms with Crippen molar-refractivity contribution in [3.63, 3.8) is 0 Å². The highest BCUT2D eigenvalue weighted by Crippen LogP contribution is 2.26. The summed E-state index contributed by atoms with van der Waals surface area (Å²) in [6.07, 6.45) is 0.576. The molecule has 2 aromatic heterocycles. The van der Waals surface area contributed by atoms with E-state index in [0.29, 0.717) is 16.8 Å². The molecule has 3 rings (SSSR count). The summed E-state index contributed by atoms with van der Waals surface area (Å²) in [7, 11) is 0. The number of benzene rings is 1. The Balaban J connectivity index is 2.13. The van der Waals surface area contributed by atoms with Gasteiger partial charge in [0.25, 0.3) is 5.56 Å². The van der Waals surface area contributed by atoms with Gasteiger partial charge in [0.15, 0.2) is 5.65 Å². The van der Waals surface area contributed by atoms with Gasteiger partial charge >= 0.3 is 6.61 Å². The number of fused-ring (bicyclic) bond motifs is 1. The molecule has 9 heteroatoms. The van der Waals surface area contributed by atoms with E-state index < -0.39 is 18.3 Å². The Morgan fingerprint density at radius 2 is 1.92 bits per heavy atom. The SMILES string of the molecule is Cc1cc(OC(F)F)cc(C)c1-n1cc2c(=O)[nH]c(C(C)O)nc2n1. The van der Waals surface area contributed by atoms with Crippen molar-refractivity contribution in [2.75, 3.05) is 0 Å². The number of halogens is 2. The number of nitrogens with zero attached hydrogens (tertiary/aromatic N) is 3. The van der Waals surface area contributed by atoms with E-state index in [1.165, 1.54) is 29.9 Å². The van der Waals surface area contributed by atoms with Crippen LogP contribution >= 0.6 is 0 Å². The summed E-state index contributed by atoms with van der Waals surface area (Å²) in [6.45, 7) is 2.04. The van der Waals surface area contributed by atoms with Crippen molar-refractivity contribution < 1.29 is 18.6 Å². The zero-order chi connectivity index (χ0) is 18.3. The molecule has 0 aliphatic rings. The summed E-state index contributed by atoms with van der Waals surface area (Å²) >= 11 is 0. The third kappa shape index (κ3) is 3.22. The summed E-state index contributed by atoms with van der Waals surface area (Å²) in [4.78, 5) is 18.8. The minimum absolute atomic E-state index is 0.0535. The second kappa shape index (κ2) is 6.25. The normalized spacial score (nSPS) is 12.8. The molecule has 0 radical (unpaired) electrons. The van der Waals surface area contributed by atoms with E-state index in [2.05, 4.69) is 19.8 Å². The zero-order valence-corrected chi connectivity index (χ0v) is 13.7. The fourth-order valence-corrected chi connectivity index (χ4v) is 2.69. The molecular weight excluding hydrogens is 334 g/mol. The van der Waals surface area contributed by atoms with E-state index in [-0.39, 0.29) is 22.6 Å². The maximum Gasteiger partial charge on any atom is 0.387 e. The Morgan fingerprint density at radius 1 is 1.28 bits per heavy atom. The number of ether oxygens (including phenoxy) is 1. The fraction of sp³-hybridized carbons (Fsp3) is 0.312. The third-order valence-electron chi connectivity index (χ3n) is 3.72. The first-order valence-corrected chi connectivity index (χ1v) is 7.50. The van der Waals surface area contributed by atoms with Crippen LogP contribution in [-0.2, 0) is 0 Å². The minimum atomic E-state index is -2.90. The number of aryl methyl sites for hydroxylation is 2. The van der Waals surface area contributed by atoms with Gasteiger partial charge < -0.3 is 14.8 Å². The molecule has 0 saturated heterocycles. The fourth-order valence-electron chi connectivity index (χ4n) is 2.69. The van der Waals surface area contributed by atoms with E-state index >= 15 is 0 Å². The number of alkyl halides is 2. The highest BCUT2D eigenvalue weighted by molar-refractivity contribution is 5.73. The quantitative estimate of drug-likeness (QED) is 0.754. The minimum Gasteiger partial charge on any atom is -0.435 e. The number of nitrogens with one attached hydrogen (secondary N) is 1. The lowest BCUT2D eigenvalue weighted by molar-refractivity contribution is -0.0498. The molecule has 25 heavy (non-hydrogen) atoms. The summed E-state index contributed by atoms with van der Waals surface area (Å²) in [5, 5.41) is 14.1. The van der Waals surface area contributed by atoms with Gasteiger partial charge in [-0.15, -0.1) is 5.10 Å². The summed E-state index contributed by atoms with van der Waals surface area (Å²) < 4.78 is 30.7. The van der Waals surface area contributed by atoms with E-state index in [9.17, 15) is 18.7 Å². The summed E-state index contributed by atoms with van der Waals surface area (Å²) in [5.41, 5.74) is 1.70. The van der Waals surface area contributed by atoms with E-state index in [0.717, 1.165) is 0 Å². The van der Waals surface area contributed by atoms with E-state index in [1.54, 1.807) is 13.8 Å². The lowest BCUT2D eigenvalue weighted by Crippen LogP contribution is -2.12. The van der Waals surface area contributed by atoms with Crippen LogP contribution in [0.5, 0.6) is 5.75 Å². The molecule has 7 nitrogen and oxygen atoms in total. The Morgan fingerprint density at radius 3 is 2.48 bits per heavy atom. The largest absolute Gasteiger partial charge is 0.435 e. The molecule has 132 valence electrons. The second-order valence-corrected chi connectivity index (χ2v) is 5.72. The van der Waals surface area contributed by atoms with E-state index in [4.69, 9.17) is 0 Å². The predicted octanol–water partition coefficient (Wildman–Crippen LogP) is 2.38. The van der Waals surface area contributed by atoms with Crippen molar-refractivity contribution in [2.24, 2.45) is 0 Å². The maximum atomic E-state index is 12.4. The number of aliphatic hydroxyl groups excluding tert-OH is 1.